The van der Waals surface area contributed by atoms with Crippen molar-refractivity contribution in [2.24, 2.45) is 4.99 Å². The lowest BCUT2D eigenvalue weighted by molar-refractivity contribution is -0.122. The molecule has 1 aliphatic rings. The van der Waals surface area contributed by atoms with E-state index >= 15 is 0 Å². The van der Waals surface area contributed by atoms with Crippen molar-refractivity contribution >= 4 is 45.4 Å². The normalized spacial score (nSPS) is 13.6. The number of nitrogens with zero attached hydrogens (tertiary/aromatic N) is 1. The fraction of sp³-hybridized carbons (Fsp3) is 0.308. The van der Waals surface area contributed by atoms with E-state index < -0.39 is 35.6 Å². The molecule has 124 valence electrons. The summed E-state index contributed by atoms with van der Waals surface area (Å²) in [4.78, 5) is 27.3. The molecule has 2 amide bonds. The van der Waals surface area contributed by atoms with Crippen LogP contribution < -0.4 is 10.6 Å². The van der Waals surface area contributed by atoms with Gasteiger partial charge in [0.25, 0.3) is 0 Å². The third-order valence-electron chi connectivity index (χ3n) is 2.64. The lowest BCUT2D eigenvalue weighted by atomic mass is 10.2. The van der Waals surface area contributed by atoms with E-state index in [1.807, 2.05) is 0 Å². The van der Waals surface area contributed by atoms with Crippen molar-refractivity contribution in [3.63, 3.8) is 0 Å². The second kappa shape index (κ2) is 8.25. The minimum absolute atomic E-state index is 0.110. The molecule has 2 rings (SSSR count). The van der Waals surface area contributed by atoms with Crippen LogP contribution in [0, 0.1) is 17.5 Å². The van der Waals surface area contributed by atoms with Gasteiger partial charge in [-0.05, 0) is 12.1 Å². The van der Waals surface area contributed by atoms with Gasteiger partial charge < -0.3 is 10.6 Å². The quantitative estimate of drug-likeness (QED) is 0.785. The fourth-order valence-corrected chi connectivity index (χ4v) is 3.42. The Morgan fingerprint density at radius 2 is 2.00 bits per heavy atom. The molecular formula is C13H12F3N3O2S2. The number of anilines is 1. The van der Waals surface area contributed by atoms with E-state index in [2.05, 4.69) is 15.6 Å². The maximum absolute atomic E-state index is 13.4. The fourth-order valence-electron chi connectivity index (χ4n) is 1.58. The van der Waals surface area contributed by atoms with Gasteiger partial charge in [-0.25, -0.2) is 13.2 Å². The van der Waals surface area contributed by atoms with Crippen molar-refractivity contribution in [1.82, 2.24) is 5.32 Å². The largest absolute Gasteiger partial charge is 0.346 e. The van der Waals surface area contributed by atoms with E-state index in [1.165, 1.54) is 11.8 Å². The van der Waals surface area contributed by atoms with Crippen molar-refractivity contribution in [2.45, 2.75) is 0 Å². The zero-order valence-electron chi connectivity index (χ0n) is 11.7. The molecule has 1 aromatic rings. The van der Waals surface area contributed by atoms with Gasteiger partial charge in [-0.15, -0.1) is 0 Å². The minimum Gasteiger partial charge on any atom is -0.346 e. The maximum atomic E-state index is 13.4. The van der Waals surface area contributed by atoms with Crippen LogP contribution in [0.4, 0.5) is 18.9 Å². The summed E-state index contributed by atoms with van der Waals surface area (Å²) in [7, 11) is 0. The van der Waals surface area contributed by atoms with Crippen molar-refractivity contribution in [3.8, 4) is 0 Å². The zero-order valence-corrected chi connectivity index (χ0v) is 13.3. The molecule has 0 aliphatic carbocycles. The highest BCUT2D eigenvalue weighted by molar-refractivity contribution is 8.39. The number of benzene rings is 1. The number of aliphatic imine (C=N–C) groups is 1. The number of carbonyl (C=O) groups is 2. The Bertz CT molecular complexity index is 656. The molecule has 0 bridgehead atoms. The van der Waals surface area contributed by atoms with Crippen LogP contribution in [0.25, 0.3) is 0 Å². The molecule has 23 heavy (non-hydrogen) atoms. The zero-order chi connectivity index (χ0) is 16.8. The Hall–Kier alpha value is -1.68. The van der Waals surface area contributed by atoms with Gasteiger partial charge in [0.2, 0.25) is 11.8 Å². The number of thioether (sulfide) groups is 2. The number of nitrogens with one attached hydrogen (secondary N) is 2. The van der Waals surface area contributed by atoms with Crippen molar-refractivity contribution < 1.29 is 22.8 Å². The Balaban J connectivity index is 1.76. The van der Waals surface area contributed by atoms with E-state index in [-0.39, 0.29) is 11.7 Å². The van der Waals surface area contributed by atoms with Gasteiger partial charge in [0, 0.05) is 5.75 Å². The third-order valence-corrected chi connectivity index (χ3v) is 4.89. The number of hydrogen-bond acceptors (Lipinski definition) is 5. The first-order valence-electron chi connectivity index (χ1n) is 6.47. The Morgan fingerprint density at radius 1 is 1.22 bits per heavy atom. The van der Waals surface area contributed by atoms with Gasteiger partial charge >= 0.3 is 0 Å². The smallest absolute Gasteiger partial charge is 0.243 e. The highest BCUT2D eigenvalue weighted by Crippen LogP contribution is 2.21. The first kappa shape index (κ1) is 17.7. The van der Waals surface area contributed by atoms with E-state index in [0.717, 1.165) is 22.7 Å². The molecule has 1 aromatic carbocycles. The minimum atomic E-state index is -1.67. The monoisotopic (exact) mass is 363 g/mol. The highest BCUT2D eigenvalue weighted by Gasteiger charge is 2.16. The van der Waals surface area contributed by atoms with Gasteiger partial charge in [-0.2, -0.15) is 0 Å². The summed E-state index contributed by atoms with van der Waals surface area (Å²) in [5.74, 6) is -4.63. The van der Waals surface area contributed by atoms with Gasteiger partial charge in [-0.3, -0.25) is 14.6 Å². The average molecular weight is 363 g/mol. The molecule has 5 nitrogen and oxygen atoms in total. The molecule has 0 fully saturated rings. The lowest BCUT2D eigenvalue weighted by Crippen LogP contribution is -2.34. The number of hydrogen-bond donors (Lipinski definition) is 2. The number of amides is 2. The van der Waals surface area contributed by atoms with Crippen LogP contribution in [0.5, 0.6) is 0 Å². The van der Waals surface area contributed by atoms with Gasteiger partial charge in [0.1, 0.15) is 4.38 Å². The predicted molar refractivity (Wildman–Crippen MR) is 85.2 cm³/mol. The van der Waals surface area contributed by atoms with Crippen LogP contribution in [0.3, 0.4) is 0 Å². The van der Waals surface area contributed by atoms with Crippen LogP contribution in [-0.2, 0) is 9.59 Å². The summed E-state index contributed by atoms with van der Waals surface area (Å²) in [6.45, 7) is 0.328. The number of carbonyl (C=O) groups excluding carboxylic acids is 2. The average Bonchev–Trinajstić information content (AvgIpc) is 3.05. The summed E-state index contributed by atoms with van der Waals surface area (Å²) in [6, 6.07) is 1.60. The van der Waals surface area contributed by atoms with Crippen molar-refractivity contribution in [3.05, 3.63) is 29.6 Å². The predicted octanol–water partition coefficient (Wildman–Crippen LogP) is 1.99. The molecule has 0 saturated heterocycles. The first-order valence-corrected chi connectivity index (χ1v) is 8.44. The molecule has 1 aliphatic heterocycles. The number of halogens is 3. The Labute approximate surface area is 138 Å². The first-order chi connectivity index (χ1) is 11.0. The standard InChI is InChI=1S/C13H12F3N3O2S2/c14-7-1-2-8(12(16)11(7)15)19-9(20)5-18-10(21)6-23-13-17-3-4-22-13/h1-2H,3-6H2,(H,18,21)(H,19,20). The Morgan fingerprint density at radius 3 is 2.70 bits per heavy atom. The molecule has 0 aromatic heterocycles. The molecule has 1 heterocycles. The molecule has 10 heteroatoms. The SMILES string of the molecule is O=C(CSC1=NCCS1)NCC(=O)Nc1ccc(F)c(F)c1F. The maximum Gasteiger partial charge on any atom is 0.243 e. The topological polar surface area (TPSA) is 70.6 Å². The second-order valence-electron chi connectivity index (χ2n) is 4.33. The Kier molecular flexibility index (Phi) is 6.34. The van der Waals surface area contributed by atoms with E-state index in [1.54, 1.807) is 11.8 Å². The molecule has 0 spiro atoms. The van der Waals surface area contributed by atoms with Crippen LogP contribution >= 0.6 is 23.5 Å². The number of rotatable bonds is 5. The highest BCUT2D eigenvalue weighted by atomic mass is 32.2. The van der Waals surface area contributed by atoms with Gasteiger partial charge in [-0.1, -0.05) is 23.5 Å². The second-order valence-corrected chi connectivity index (χ2v) is 6.64. The van der Waals surface area contributed by atoms with Crippen LogP contribution in [0.15, 0.2) is 17.1 Å². The van der Waals surface area contributed by atoms with Crippen LogP contribution in [0.2, 0.25) is 0 Å². The third kappa shape index (κ3) is 5.17. The van der Waals surface area contributed by atoms with Gasteiger partial charge in [0.15, 0.2) is 17.5 Å². The van der Waals surface area contributed by atoms with E-state index in [9.17, 15) is 22.8 Å². The summed E-state index contributed by atoms with van der Waals surface area (Å²) in [5.41, 5.74) is -0.491. The van der Waals surface area contributed by atoms with Crippen LogP contribution in [-0.4, -0.2) is 40.8 Å². The van der Waals surface area contributed by atoms with Crippen molar-refractivity contribution in [2.75, 3.05) is 29.9 Å². The van der Waals surface area contributed by atoms with Gasteiger partial charge in [0.05, 0.1) is 24.5 Å². The molecule has 2 N–H and O–H groups in total. The molecule has 0 radical (unpaired) electrons. The summed E-state index contributed by atoms with van der Waals surface area (Å²) < 4.78 is 40.0. The van der Waals surface area contributed by atoms with Crippen LogP contribution in [0.1, 0.15) is 0 Å². The lowest BCUT2D eigenvalue weighted by Gasteiger charge is -2.08. The molecular weight excluding hydrogens is 351 g/mol. The van der Waals surface area contributed by atoms with Crippen molar-refractivity contribution in [1.29, 1.82) is 0 Å². The molecule has 0 saturated carbocycles. The summed E-state index contributed by atoms with van der Waals surface area (Å²) in [5, 5.41) is 4.41. The van der Waals surface area contributed by atoms with E-state index in [4.69, 9.17) is 0 Å². The van der Waals surface area contributed by atoms with E-state index in [0.29, 0.717) is 6.07 Å². The summed E-state index contributed by atoms with van der Waals surface area (Å²) >= 11 is 2.83. The molecule has 0 unspecified atom stereocenters. The summed E-state index contributed by atoms with van der Waals surface area (Å²) in [6.07, 6.45) is 0. The molecule has 0 atom stereocenters.